The molecule has 2 heterocycles. The second kappa shape index (κ2) is 11.8. The summed E-state index contributed by atoms with van der Waals surface area (Å²) in [5, 5.41) is 21.2. The normalized spacial score (nSPS) is 10.1. The average molecular weight is 430 g/mol. The minimum atomic E-state index is -0.188. The van der Waals surface area contributed by atoms with E-state index in [0.717, 1.165) is 5.52 Å². The number of carbonyl (C=O) groups is 1. The molecule has 0 saturated heterocycles. The molecule has 3 rings (SSSR count). The molecule has 30 heavy (non-hydrogen) atoms. The Labute approximate surface area is 178 Å². The van der Waals surface area contributed by atoms with Gasteiger partial charge in [0.25, 0.3) is 0 Å². The third-order valence-corrected chi connectivity index (χ3v) is 4.54. The van der Waals surface area contributed by atoms with Crippen molar-refractivity contribution in [2.75, 3.05) is 38.5 Å². The summed E-state index contributed by atoms with van der Waals surface area (Å²) in [5.41, 5.74) is 3.06. The molecular formula is C20H23N5O4S. The molecule has 10 heteroatoms. The van der Waals surface area contributed by atoms with Gasteiger partial charge in [-0.05, 0) is 19.1 Å². The van der Waals surface area contributed by atoms with Gasteiger partial charge in [-0.1, -0.05) is 17.8 Å². The maximum absolute atomic E-state index is 12.2. The Hall–Kier alpha value is -3.13. The van der Waals surface area contributed by atoms with Crippen LogP contribution in [0.3, 0.4) is 0 Å². The van der Waals surface area contributed by atoms with E-state index >= 15 is 0 Å². The van der Waals surface area contributed by atoms with Crippen molar-refractivity contribution in [2.45, 2.75) is 12.1 Å². The SMILES string of the molecule is COC.Cc1c(C#N)ncc2[nH]c(SCC(=O)Nc3cccc(OCCO)c3)nc12. The first kappa shape index (κ1) is 23.2. The van der Waals surface area contributed by atoms with Gasteiger partial charge in [0.15, 0.2) is 5.16 Å². The highest BCUT2D eigenvalue weighted by atomic mass is 32.2. The van der Waals surface area contributed by atoms with Crippen molar-refractivity contribution < 1.29 is 19.4 Å². The number of methoxy groups -OCH3 is 1. The van der Waals surface area contributed by atoms with E-state index in [1.165, 1.54) is 11.8 Å². The van der Waals surface area contributed by atoms with E-state index in [1.54, 1.807) is 51.6 Å². The maximum Gasteiger partial charge on any atom is 0.234 e. The lowest BCUT2D eigenvalue weighted by atomic mass is 10.2. The highest BCUT2D eigenvalue weighted by Crippen LogP contribution is 2.23. The van der Waals surface area contributed by atoms with Gasteiger partial charge < -0.3 is 24.9 Å². The number of ether oxygens (including phenoxy) is 2. The van der Waals surface area contributed by atoms with Crippen molar-refractivity contribution in [1.29, 1.82) is 5.26 Å². The van der Waals surface area contributed by atoms with Gasteiger partial charge >= 0.3 is 0 Å². The number of H-pyrrole nitrogens is 1. The molecule has 9 nitrogen and oxygen atoms in total. The molecule has 158 valence electrons. The van der Waals surface area contributed by atoms with Gasteiger partial charge in [-0.3, -0.25) is 4.79 Å². The van der Waals surface area contributed by atoms with E-state index in [9.17, 15) is 4.79 Å². The number of aliphatic hydroxyl groups is 1. The van der Waals surface area contributed by atoms with E-state index in [-0.39, 0.29) is 24.9 Å². The molecule has 1 aromatic carbocycles. The van der Waals surface area contributed by atoms with E-state index in [0.29, 0.717) is 33.4 Å². The summed E-state index contributed by atoms with van der Waals surface area (Å²) >= 11 is 1.26. The molecule has 3 N–H and O–H groups in total. The lowest BCUT2D eigenvalue weighted by Gasteiger charge is -2.08. The number of imidazole rings is 1. The zero-order valence-electron chi connectivity index (χ0n) is 16.9. The molecule has 0 saturated carbocycles. The molecule has 0 bridgehead atoms. The maximum atomic E-state index is 12.2. The molecule has 0 aliphatic rings. The minimum Gasteiger partial charge on any atom is -0.491 e. The van der Waals surface area contributed by atoms with Crippen LogP contribution in [0.5, 0.6) is 5.75 Å². The Morgan fingerprint density at radius 1 is 1.40 bits per heavy atom. The monoisotopic (exact) mass is 429 g/mol. The number of fused-ring (bicyclic) bond motifs is 1. The van der Waals surface area contributed by atoms with Crippen LogP contribution in [0.2, 0.25) is 0 Å². The van der Waals surface area contributed by atoms with Crippen LogP contribution in [0, 0.1) is 18.3 Å². The number of carbonyl (C=O) groups excluding carboxylic acids is 1. The molecular weight excluding hydrogens is 406 g/mol. The fourth-order valence-corrected chi connectivity index (χ4v) is 3.10. The smallest absolute Gasteiger partial charge is 0.234 e. The van der Waals surface area contributed by atoms with Gasteiger partial charge in [-0.15, -0.1) is 0 Å². The summed E-state index contributed by atoms with van der Waals surface area (Å²) < 4.78 is 9.57. The number of thioether (sulfide) groups is 1. The number of nitrogens with zero attached hydrogens (tertiary/aromatic N) is 3. The summed E-state index contributed by atoms with van der Waals surface area (Å²) in [6, 6.07) is 8.99. The molecule has 0 atom stereocenters. The lowest BCUT2D eigenvalue weighted by molar-refractivity contribution is -0.113. The van der Waals surface area contributed by atoms with E-state index in [2.05, 4.69) is 25.0 Å². The first-order valence-corrected chi connectivity index (χ1v) is 9.92. The Morgan fingerprint density at radius 3 is 2.87 bits per heavy atom. The Morgan fingerprint density at radius 2 is 2.17 bits per heavy atom. The first-order chi connectivity index (χ1) is 14.5. The van der Waals surface area contributed by atoms with Crippen LogP contribution in [0.25, 0.3) is 11.0 Å². The van der Waals surface area contributed by atoms with Gasteiger partial charge in [0, 0.05) is 31.5 Å². The summed E-state index contributed by atoms with van der Waals surface area (Å²) in [6.45, 7) is 1.92. The Kier molecular flexibility index (Phi) is 9.08. The van der Waals surface area contributed by atoms with Crippen molar-refractivity contribution in [3.05, 3.63) is 41.7 Å². The van der Waals surface area contributed by atoms with Gasteiger partial charge in [0.1, 0.15) is 24.1 Å². The molecule has 0 radical (unpaired) electrons. The van der Waals surface area contributed by atoms with Crippen molar-refractivity contribution in [1.82, 2.24) is 15.0 Å². The summed E-state index contributed by atoms with van der Waals surface area (Å²) in [6.07, 6.45) is 1.57. The number of aromatic amines is 1. The summed E-state index contributed by atoms with van der Waals surface area (Å²) in [5.74, 6) is 0.550. The number of aryl methyl sites for hydroxylation is 1. The Balaban J connectivity index is 0.00000101. The number of nitrogens with one attached hydrogen (secondary N) is 2. The lowest BCUT2D eigenvalue weighted by Crippen LogP contribution is -2.14. The molecule has 0 fully saturated rings. The second-order valence-corrected chi connectivity index (χ2v) is 6.96. The number of aromatic nitrogens is 3. The third kappa shape index (κ3) is 6.45. The van der Waals surface area contributed by atoms with Crippen molar-refractivity contribution in [3.63, 3.8) is 0 Å². The highest BCUT2D eigenvalue weighted by Gasteiger charge is 2.12. The number of hydrogen-bond donors (Lipinski definition) is 3. The number of aliphatic hydroxyl groups excluding tert-OH is 1. The highest BCUT2D eigenvalue weighted by molar-refractivity contribution is 7.99. The third-order valence-electron chi connectivity index (χ3n) is 3.67. The number of pyridine rings is 1. The minimum absolute atomic E-state index is 0.0738. The number of amides is 1. The fraction of sp³-hybridized carbons (Fsp3) is 0.300. The topological polar surface area (TPSA) is 133 Å². The van der Waals surface area contributed by atoms with E-state index < -0.39 is 0 Å². The van der Waals surface area contributed by atoms with Crippen LogP contribution in [0.4, 0.5) is 5.69 Å². The van der Waals surface area contributed by atoms with Crippen LogP contribution in [-0.4, -0.2) is 59.2 Å². The second-order valence-electron chi connectivity index (χ2n) is 5.99. The summed E-state index contributed by atoms with van der Waals surface area (Å²) in [4.78, 5) is 23.8. The average Bonchev–Trinajstić information content (AvgIpc) is 3.16. The van der Waals surface area contributed by atoms with Gasteiger partial charge in [0.2, 0.25) is 5.91 Å². The molecule has 0 aliphatic carbocycles. The molecule has 0 aliphatic heterocycles. The Bertz CT molecular complexity index is 1030. The number of benzene rings is 1. The van der Waals surface area contributed by atoms with E-state index in [4.69, 9.17) is 15.1 Å². The fourth-order valence-electron chi connectivity index (χ4n) is 2.42. The molecule has 2 aromatic heterocycles. The summed E-state index contributed by atoms with van der Waals surface area (Å²) in [7, 11) is 3.25. The zero-order chi connectivity index (χ0) is 21.9. The predicted molar refractivity (Wildman–Crippen MR) is 115 cm³/mol. The van der Waals surface area contributed by atoms with Crippen LogP contribution in [-0.2, 0) is 9.53 Å². The molecule has 1 amide bonds. The van der Waals surface area contributed by atoms with Crippen LogP contribution in [0.1, 0.15) is 11.3 Å². The molecule has 0 spiro atoms. The predicted octanol–water partition coefficient (Wildman–Crippen LogP) is 2.50. The van der Waals surface area contributed by atoms with Crippen LogP contribution < -0.4 is 10.1 Å². The number of nitriles is 1. The first-order valence-electron chi connectivity index (χ1n) is 8.94. The molecule has 3 aromatic rings. The van der Waals surface area contributed by atoms with Crippen molar-refractivity contribution in [3.8, 4) is 11.8 Å². The number of hydrogen-bond acceptors (Lipinski definition) is 8. The quantitative estimate of drug-likeness (QED) is 0.488. The number of rotatable bonds is 7. The standard InChI is InChI=1S/C18H17N5O3S.C2H6O/c1-11-14(8-19)20-9-15-17(11)23-18(22-15)27-10-16(25)21-12-3-2-4-13(7-12)26-6-5-24;1-3-2/h2-4,7,9,24H,5-6,10H2,1H3,(H,21,25)(H,22,23);1-2H3. The van der Waals surface area contributed by atoms with Gasteiger partial charge in [0.05, 0.1) is 29.6 Å². The van der Waals surface area contributed by atoms with Crippen LogP contribution >= 0.6 is 11.8 Å². The van der Waals surface area contributed by atoms with Gasteiger partial charge in [-0.25, -0.2) is 9.97 Å². The molecule has 0 unspecified atom stereocenters. The van der Waals surface area contributed by atoms with Crippen LogP contribution in [0.15, 0.2) is 35.6 Å². The van der Waals surface area contributed by atoms with Gasteiger partial charge in [-0.2, -0.15) is 5.26 Å². The number of anilines is 1. The zero-order valence-corrected chi connectivity index (χ0v) is 17.7. The van der Waals surface area contributed by atoms with Crippen molar-refractivity contribution in [2.24, 2.45) is 0 Å². The van der Waals surface area contributed by atoms with E-state index in [1.807, 2.05) is 6.07 Å². The van der Waals surface area contributed by atoms with Crippen molar-refractivity contribution >= 4 is 34.4 Å². The largest absolute Gasteiger partial charge is 0.491 e.